The van der Waals surface area contributed by atoms with Crippen LogP contribution in [-0.4, -0.2) is 42.5 Å². The molecule has 0 radical (unpaired) electrons. The summed E-state index contributed by atoms with van der Waals surface area (Å²) in [6.07, 6.45) is 0.446. The first-order chi connectivity index (χ1) is 8.41. The number of hydrogen-bond acceptors (Lipinski definition) is 4. The SMILES string of the molecule is Cc1sc(C(=O)O)cc1CNCCC(=O)N(C)C. The van der Waals surface area contributed by atoms with Gasteiger partial charge in [0, 0.05) is 38.5 Å². The first-order valence-corrected chi connectivity index (χ1v) is 6.47. The number of carboxylic acid groups (broad SMARTS) is 1. The van der Waals surface area contributed by atoms with E-state index in [2.05, 4.69) is 5.32 Å². The van der Waals surface area contributed by atoms with E-state index in [1.807, 2.05) is 6.92 Å². The number of rotatable bonds is 6. The molecule has 0 saturated heterocycles. The maximum Gasteiger partial charge on any atom is 0.345 e. The molecule has 1 aromatic heterocycles. The molecule has 0 aromatic carbocycles. The fourth-order valence-corrected chi connectivity index (χ4v) is 2.32. The van der Waals surface area contributed by atoms with Crippen molar-refractivity contribution in [2.45, 2.75) is 19.9 Å². The summed E-state index contributed by atoms with van der Waals surface area (Å²) in [6.45, 7) is 3.09. The molecular weight excluding hydrogens is 252 g/mol. The number of aryl methyl sites for hydroxylation is 1. The van der Waals surface area contributed by atoms with Gasteiger partial charge in [0.15, 0.2) is 0 Å². The van der Waals surface area contributed by atoms with Crippen LogP contribution < -0.4 is 5.32 Å². The number of amides is 1. The van der Waals surface area contributed by atoms with Crippen molar-refractivity contribution in [2.24, 2.45) is 0 Å². The molecule has 0 fully saturated rings. The van der Waals surface area contributed by atoms with Crippen molar-refractivity contribution in [3.05, 3.63) is 21.4 Å². The molecule has 18 heavy (non-hydrogen) atoms. The lowest BCUT2D eigenvalue weighted by Crippen LogP contribution is -2.26. The first-order valence-electron chi connectivity index (χ1n) is 5.65. The van der Waals surface area contributed by atoms with Gasteiger partial charge in [-0.25, -0.2) is 4.79 Å². The molecule has 1 rings (SSSR count). The van der Waals surface area contributed by atoms with Crippen LogP contribution in [0.25, 0.3) is 0 Å². The minimum atomic E-state index is -0.892. The van der Waals surface area contributed by atoms with Gasteiger partial charge in [-0.1, -0.05) is 0 Å². The number of hydrogen-bond donors (Lipinski definition) is 2. The summed E-state index contributed by atoms with van der Waals surface area (Å²) < 4.78 is 0. The van der Waals surface area contributed by atoms with E-state index < -0.39 is 5.97 Å². The Hall–Kier alpha value is -1.40. The van der Waals surface area contributed by atoms with Crippen molar-refractivity contribution in [3.8, 4) is 0 Å². The van der Waals surface area contributed by atoms with Crippen molar-refractivity contribution >= 4 is 23.2 Å². The van der Waals surface area contributed by atoms with Gasteiger partial charge in [-0.15, -0.1) is 11.3 Å². The van der Waals surface area contributed by atoms with E-state index in [1.165, 1.54) is 11.3 Å². The van der Waals surface area contributed by atoms with Gasteiger partial charge in [-0.05, 0) is 18.6 Å². The molecule has 1 heterocycles. The van der Waals surface area contributed by atoms with Gasteiger partial charge < -0.3 is 15.3 Å². The predicted molar refractivity (Wildman–Crippen MR) is 71.0 cm³/mol. The third kappa shape index (κ3) is 4.12. The molecule has 100 valence electrons. The Morgan fingerprint density at radius 3 is 2.61 bits per heavy atom. The van der Waals surface area contributed by atoms with Gasteiger partial charge in [-0.2, -0.15) is 0 Å². The van der Waals surface area contributed by atoms with Gasteiger partial charge in [0.25, 0.3) is 0 Å². The number of carbonyl (C=O) groups is 2. The molecule has 0 spiro atoms. The number of carbonyl (C=O) groups excluding carboxylic acids is 1. The molecule has 0 aliphatic carbocycles. The monoisotopic (exact) mass is 270 g/mol. The molecule has 0 atom stereocenters. The molecule has 1 aromatic rings. The Morgan fingerprint density at radius 2 is 2.11 bits per heavy atom. The van der Waals surface area contributed by atoms with Crippen molar-refractivity contribution < 1.29 is 14.7 Å². The Bertz CT molecular complexity index is 441. The van der Waals surface area contributed by atoms with Gasteiger partial charge in [-0.3, -0.25) is 4.79 Å². The van der Waals surface area contributed by atoms with E-state index in [1.54, 1.807) is 25.1 Å². The zero-order valence-corrected chi connectivity index (χ0v) is 11.6. The normalized spacial score (nSPS) is 10.4. The Morgan fingerprint density at radius 1 is 1.44 bits per heavy atom. The summed E-state index contributed by atoms with van der Waals surface area (Å²) in [5.41, 5.74) is 0.981. The van der Waals surface area contributed by atoms with Crippen molar-refractivity contribution in [1.29, 1.82) is 0 Å². The van der Waals surface area contributed by atoms with E-state index in [9.17, 15) is 9.59 Å². The van der Waals surface area contributed by atoms with Crippen LogP contribution in [0, 0.1) is 6.92 Å². The van der Waals surface area contributed by atoms with Crippen LogP contribution in [0.1, 0.15) is 26.5 Å². The zero-order chi connectivity index (χ0) is 13.7. The second kappa shape index (κ2) is 6.51. The third-order valence-corrected chi connectivity index (χ3v) is 3.64. The van der Waals surface area contributed by atoms with Crippen molar-refractivity contribution in [2.75, 3.05) is 20.6 Å². The van der Waals surface area contributed by atoms with E-state index in [4.69, 9.17) is 5.11 Å². The molecule has 0 bridgehead atoms. The molecule has 5 nitrogen and oxygen atoms in total. The highest BCUT2D eigenvalue weighted by Crippen LogP contribution is 2.21. The quantitative estimate of drug-likeness (QED) is 0.765. The lowest BCUT2D eigenvalue weighted by Gasteiger charge is -2.10. The van der Waals surface area contributed by atoms with Crippen LogP contribution in [0.4, 0.5) is 0 Å². The standard InChI is InChI=1S/C12H18N2O3S/c1-8-9(6-10(18-8)12(16)17)7-13-5-4-11(15)14(2)3/h6,13H,4-5,7H2,1-3H3,(H,16,17). The van der Waals surface area contributed by atoms with Crippen LogP contribution >= 0.6 is 11.3 Å². The average molecular weight is 270 g/mol. The molecule has 2 N–H and O–H groups in total. The van der Waals surface area contributed by atoms with Crippen LogP contribution in [0.5, 0.6) is 0 Å². The largest absolute Gasteiger partial charge is 0.477 e. The molecule has 0 saturated carbocycles. The van der Waals surface area contributed by atoms with E-state index in [0.29, 0.717) is 24.4 Å². The van der Waals surface area contributed by atoms with Crippen LogP contribution in [0.15, 0.2) is 6.07 Å². The van der Waals surface area contributed by atoms with Crippen LogP contribution in [0.2, 0.25) is 0 Å². The summed E-state index contributed by atoms with van der Waals surface area (Å²) in [6, 6.07) is 1.68. The average Bonchev–Trinajstić information content (AvgIpc) is 2.66. The topological polar surface area (TPSA) is 69.6 Å². The lowest BCUT2D eigenvalue weighted by molar-refractivity contribution is -0.128. The molecule has 0 aliphatic rings. The Labute approximate surface area is 110 Å². The number of nitrogens with zero attached hydrogens (tertiary/aromatic N) is 1. The van der Waals surface area contributed by atoms with E-state index >= 15 is 0 Å². The van der Waals surface area contributed by atoms with Crippen molar-refractivity contribution in [3.63, 3.8) is 0 Å². The van der Waals surface area contributed by atoms with Crippen LogP contribution in [0.3, 0.4) is 0 Å². The summed E-state index contributed by atoms with van der Waals surface area (Å²) in [5, 5.41) is 12.0. The minimum Gasteiger partial charge on any atom is -0.477 e. The number of thiophene rings is 1. The molecular formula is C12H18N2O3S. The molecule has 0 unspecified atom stereocenters. The van der Waals surface area contributed by atoms with Gasteiger partial charge in [0.1, 0.15) is 4.88 Å². The van der Waals surface area contributed by atoms with Crippen molar-refractivity contribution in [1.82, 2.24) is 10.2 Å². The van der Waals surface area contributed by atoms with E-state index in [0.717, 1.165) is 10.4 Å². The molecule has 0 aliphatic heterocycles. The minimum absolute atomic E-state index is 0.0794. The summed E-state index contributed by atoms with van der Waals surface area (Å²) in [7, 11) is 3.45. The number of carboxylic acids is 1. The summed E-state index contributed by atoms with van der Waals surface area (Å²) >= 11 is 1.28. The van der Waals surface area contributed by atoms with Gasteiger partial charge in [0.05, 0.1) is 0 Å². The molecule has 6 heteroatoms. The van der Waals surface area contributed by atoms with E-state index in [-0.39, 0.29) is 5.91 Å². The van der Waals surface area contributed by atoms with Gasteiger partial charge >= 0.3 is 5.97 Å². The molecule has 1 amide bonds. The highest BCUT2D eigenvalue weighted by atomic mass is 32.1. The smallest absolute Gasteiger partial charge is 0.345 e. The second-order valence-electron chi connectivity index (χ2n) is 4.21. The van der Waals surface area contributed by atoms with Crippen LogP contribution in [-0.2, 0) is 11.3 Å². The summed E-state index contributed by atoms with van der Waals surface area (Å²) in [4.78, 5) is 25.0. The third-order valence-electron chi connectivity index (χ3n) is 2.56. The summed E-state index contributed by atoms with van der Waals surface area (Å²) in [5.74, 6) is -0.812. The zero-order valence-electron chi connectivity index (χ0n) is 10.8. The highest BCUT2D eigenvalue weighted by Gasteiger charge is 2.10. The maximum absolute atomic E-state index is 11.3. The highest BCUT2D eigenvalue weighted by molar-refractivity contribution is 7.14. The Balaban J connectivity index is 2.40. The first kappa shape index (κ1) is 14.7. The fourth-order valence-electron chi connectivity index (χ4n) is 1.44. The van der Waals surface area contributed by atoms with Gasteiger partial charge in [0.2, 0.25) is 5.91 Å². The number of nitrogens with one attached hydrogen (secondary N) is 1. The number of aromatic carboxylic acids is 1. The Kier molecular flexibility index (Phi) is 5.30. The second-order valence-corrected chi connectivity index (χ2v) is 5.47. The fraction of sp³-hybridized carbons (Fsp3) is 0.500. The predicted octanol–water partition coefficient (Wildman–Crippen LogP) is 1.32. The lowest BCUT2D eigenvalue weighted by atomic mass is 10.2. The maximum atomic E-state index is 11.3.